The van der Waals surface area contributed by atoms with Gasteiger partial charge >= 0.3 is 0 Å². The highest BCUT2D eigenvalue weighted by atomic mass is 19.3. The van der Waals surface area contributed by atoms with Gasteiger partial charge in [0.05, 0.1) is 11.0 Å². The molecule has 1 aliphatic carbocycles. The molecule has 0 saturated heterocycles. The number of hydrogen-bond acceptors (Lipinski definition) is 5. The molecule has 0 unspecified atom stereocenters. The van der Waals surface area contributed by atoms with Crippen LogP contribution in [0.15, 0.2) is 67.0 Å². The third-order valence-electron chi connectivity index (χ3n) is 5.31. The topological polar surface area (TPSA) is 80.8 Å². The first-order chi connectivity index (χ1) is 15.5. The monoisotopic (exact) mass is 432 g/mol. The molecule has 0 atom stereocenters. The molecule has 32 heavy (non-hydrogen) atoms. The fourth-order valence-corrected chi connectivity index (χ4v) is 3.61. The van der Waals surface area contributed by atoms with E-state index in [1.165, 1.54) is 18.5 Å². The first-order valence-corrected chi connectivity index (χ1v) is 10.1. The molecule has 0 aliphatic heterocycles. The summed E-state index contributed by atoms with van der Waals surface area (Å²) in [4.78, 5) is 28.6. The molecule has 6 nitrogen and oxygen atoms in total. The van der Waals surface area contributed by atoms with Crippen LogP contribution in [0, 0.1) is 0 Å². The smallest absolute Gasteiger partial charge is 0.251 e. The van der Waals surface area contributed by atoms with Crippen molar-refractivity contribution in [1.82, 2.24) is 19.9 Å². The Morgan fingerprint density at radius 1 is 1.03 bits per heavy atom. The number of rotatable bonds is 5. The van der Waals surface area contributed by atoms with E-state index in [2.05, 4.69) is 19.9 Å². The Morgan fingerprint density at radius 2 is 1.81 bits per heavy atom. The minimum atomic E-state index is -2.69. The minimum Gasteiger partial charge on any atom is -0.437 e. The molecule has 0 bridgehead atoms. The number of aromatic nitrogens is 4. The number of imidazole rings is 1. The number of hydrogen-bond donors (Lipinski definition) is 1. The van der Waals surface area contributed by atoms with Crippen LogP contribution in [-0.4, -0.2) is 31.6 Å². The van der Waals surface area contributed by atoms with Crippen LogP contribution in [0.5, 0.6) is 11.6 Å². The van der Waals surface area contributed by atoms with Crippen LogP contribution in [0.4, 0.5) is 8.78 Å². The predicted octanol–water partition coefficient (Wildman–Crippen LogP) is 5.58. The minimum absolute atomic E-state index is 0.201. The van der Waals surface area contributed by atoms with Gasteiger partial charge in [-0.2, -0.15) is 0 Å². The number of aromatic amines is 1. The van der Waals surface area contributed by atoms with Crippen LogP contribution in [0.1, 0.15) is 41.1 Å². The highest BCUT2D eigenvalue weighted by molar-refractivity contribution is 6.08. The molecule has 2 aromatic heterocycles. The van der Waals surface area contributed by atoms with Gasteiger partial charge in [-0.25, -0.2) is 23.7 Å². The van der Waals surface area contributed by atoms with Crippen LogP contribution in [0.2, 0.25) is 0 Å². The van der Waals surface area contributed by atoms with Gasteiger partial charge in [-0.3, -0.25) is 4.79 Å². The lowest BCUT2D eigenvalue weighted by molar-refractivity contribution is -0.00608. The Hall–Kier alpha value is -3.94. The molecular formula is C24H18F2N4O2. The molecule has 4 aromatic rings. The zero-order valence-corrected chi connectivity index (χ0v) is 16.9. The molecular weight excluding hydrogens is 414 g/mol. The van der Waals surface area contributed by atoms with Gasteiger partial charge in [-0.1, -0.05) is 18.2 Å². The number of ether oxygens (including phenoxy) is 1. The zero-order chi connectivity index (χ0) is 22.1. The Bertz CT molecular complexity index is 1300. The highest BCUT2D eigenvalue weighted by Gasteiger charge is 2.32. The van der Waals surface area contributed by atoms with Crippen LogP contribution >= 0.6 is 0 Å². The molecule has 5 rings (SSSR count). The maximum absolute atomic E-state index is 13.5. The lowest BCUT2D eigenvalue weighted by Gasteiger charge is -2.21. The largest absolute Gasteiger partial charge is 0.437 e. The molecule has 1 N–H and O–H groups in total. The zero-order valence-electron chi connectivity index (χ0n) is 16.9. The number of allylic oxidation sites excluding steroid dienone is 2. The molecule has 2 aromatic carbocycles. The van der Waals surface area contributed by atoms with Gasteiger partial charge < -0.3 is 9.72 Å². The van der Waals surface area contributed by atoms with Gasteiger partial charge in [0.1, 0.15) is 11.4 Å². The van der Waals surface area contributed by atoms with Crippen LogP contribution < -0.4 is 4.74 Å². The molecule has 0 saturated carbocycles. The Labute approximate surface area is 182 Å². The third-order valence-corrected chi connectivity index (χ3v) is 5.31. The Kier molecular flexibility index (Phi) is 4.97. The summed E-state index contributed by atoms with van der Waals surface area (Å²) in [7, 11) is 0. The maximum atomic E-state index is 13.5. The first-order valence-electron chi connectivity index (χ1n) is 10.1. The fourth-order valence-electron chi connectivity index (χ4n) is 3.61. The van der Waals surface area contributed by atoms with E-state index in [1.807, 2.05) is 24.3 Å². The maximum Gasteiger partial charge on any atom is 0.251 e. The number of ketones is 1. The number of carbonyl (C=O) groups is 1. The van der Waals surface area contributed by atoms with Gasteiger partial charge in [0.25, 0.3) is 5.92 Å². The van der Waals surface area contributed by atoms with E-state index in [-0.39, 0.29) is 36.8 Å². The number of alkyl halides is 2. The number of nitrogens with zero attached hydrogens (tertiary/aromatic N) is 3. The van der Waals surface area contributed by atoms with Crippen LogP contribution in [0.3, 0.4) is 0 Å². The molecule has 0 fully saturated rings. The van der Waals surface area contributed by atoms with E-state index < -0.39 is 5.92 Å². The van der Waals surface area contributed by atoms with E-state index in [1.54, 1.807) is 24.3 Å². The van der Waals surface area contributed by atoms with E-state index in [0.717, 1.165) is 11.0 Å². The van der Waals surface area contributed by atoms with Crippen molar-refractivity contribution in [3.05, 3.63) is 84.1 Å². The normalized spacial score (nSPS) is 15.4. The summed E-state index contributed by atoms with van der Waals surface area (Å²) in [5.41, 5.74) is 3.11. The lowest BCUT2D eigenvalue weighted by atomic mass is 9.94. The van der Waals surface area contributed by atoms with Gasteiger partial charge in [0.15, 0.2) is 5.82 Å². The summed E-state index contributed by atoms with van der Waals surface area (Å²) in [6, 6.07) is 14.0. The van der Waals surface area contributed by atoms with Gasteiger partial charge in [0, 0.05) is 30.8 Å². The standard InChI is InChI=1S/C24H18F2N4O2/c25-24(26)11-9-15(10-12-24)20-23(28-14-13-27-20)32-17-7-5-16(6-8-17)21(31)22-29-18-3-1-2-4-19(18)30-22/h1-9,13-14H,10-12H2,(H,29,30). The second kappa shape index (κ2) is 7.96. The van der Waals surface area contributed by atoms with E-state index in [9.17, 15) is 13.6 Å². The van der Waals surface area contributed by atoms with Crippen molar-refractivity contribution in [2.45, 2.75) is 25.2 Å². The second-order valence-electron chi connectivity index (χ2n) is 7.56. The van der Waals surface area contributed by atoms with Gasteiger partial charge in [-0.15, -0.1) is 0 Å². The molecule has 0 radical (unpaired) electrons. The van der Waals surface area contributed by atoms with Crippen molar-refractivity contribution in [2.24, 2.45) is 0 Å². The van der Waals surface area contributed by atoms with Crippen molar-refractivity contribution in [1.29, 1.82) is 0 Å². The highest BCUT2D eigenvalue weighted by Crippen LogP contribution is 2.38. The Morgan fingerprint density at radius 3 is 2.56 bits per heavy atom. The fraction of sp³-hybridized carbons (Fsp3) is 0.167. The number of benzene rings is 2. The van der Waals surface area contributed by atoms with Crippen molar-refractivity contribution in [3.63, 3.8) is 0 Å². The number of fused-ring (bicyclic) bond motifs is 1. The number of nitrogens with one attached hydrogen (secondary N) is 1. The van der Waals surface area contributed by atoms with Crippen molar-refractivity contribution in [3.8, 4) is 11.6 Å². The predicted molar refractivity (Wildman–Crippen MR) is 115 cm³/mol. The van der Waals surface area contributed by atoms with E-state index in [0.29, 0.717) is 22.6 Å². The van der Waals surface area contributed by atoms with E-state index in [4.69, 9.17) is 4.74 Å². The molecule has 8 heteroatoms. The summed E-state index contributed by atoms with van der Waals surface area (Å²) in [5, 5.41) is 0. The molecule has 2 heterocycles. The van der Waals surface area contributed by atoms with Crippen LogP contribution in [-0.2, 0) is 0 Å². The number of H-pyrrole nitrogens is 1. The number of para-hydroxylation sites is 2. The van der Waals surface area contributed by atoms with E-state index >= 15 is 0 Å². The quantitative estimate of drug-likeness (QED) is 0.417. The summed E-state index contributed by atoms with van der Waals surface area (Å²) >= 11 is 0. The van der Waals surface area contributed by atoms with Crippen molar-refractivity contribution < 1.29 is 18.3 Å². The average molecular weight is 432 g/mol. The summed E-state index contributed by atoms with van der Waals surface area (Å²) in [6.45, 7) is 0. The first kappa shape index (κ1) is 20.0. The summed E-state index contributed by atoms with van der Waals surface area (Å²) < 4.78 is 32.8. The van der Waals surface area contributed by atoms with Gasteiger partial charge in [-0.05, 0) is 48.4 Å². The lowest BCUT2D eigenvalue weighted by Crippen LogP contribution is -2.18. The third kappa shape index (κ3) is 3.99. The SMILES string of the molecule is O=C(c1ccc(Oc2nccnc2C2=CCC(F)(F)CC2)cc1)c1nc2ccccc2[nH]1. The summed E-state index contributed by atoms with van der Waals surface area (Å²) in [6.07, 6.45) is 4.13. The molecule has 0 spiro atoms. The van der Waals surface area contributed by atoms with Crippen LogP contribution in [0.25, 0.3) is 16.6 Å². The number of halogens is 2. The number of carbonyl (C=O) groups excluding carboxylic acids is 1. The summed E-state index contributed by atoms with van der Waals surface area (Å²) in [5.74, 6) is -1.97. The molecule has 1 aliphatic rings. The average Bonchev–Trinajstić information content (AvgIpc) is 3.24. The molecule has 160 valence electrons. The van der Waals surface area contributed by atoms with Gasteiger partial charge in [0.2, 0.25) is 11.7 Å². The van der Waals surface area contributed by atoms with Crippen molar-refractivity contribution >= 4 is 22.4 Å². The molecule has 0 amide bonds. The second-order valence-corrected chi connectivity index (χ2v) is 7.56. The Balaban J connectivity index is 1.35. The van der Waals surface area contributed by atoms with Crippen molar-refractivity contribution in [2.75, 3.05) is 0 Å².